The first-order chi connectivity index (χ1) is 9.75. The van der Waals surface area contributed by atoms with Gasteiger partial charge in [0.15, 0.2) is 11.5 Å². The molecule has 0 radical (unpaired) electrons. The lowest BCUT2D eigenvalue weighted by molar-refractivity contribution is 0.0845. The van der Waals surface area contributed by atoms with Crippen LogP contribution in [0.5, 0.6) is 11.5 Å². The van der Waals surface area contributed by atoms with Gasteiger partial charge in [-0.05, 0) is 52.4 Å². The van der Waals surface area contributed by atoms with Gasteiger partial charge in [0.1, 0.15) is 0 Å². The number of aliphatic hydroxyl groups excluding tert-OH is 1. The van der Waals surface area contributed by atoms with Gasteiger partial charge in [0.25, 0.3) is 0 Å². The summed E-state index contributed by atoms with van der Waals surface area (Å²) in [4.78, 5) is 0. The molecule has 1 aromatic rings. The molecule has 0 bridgehead atoms. The van der Waals surface area contributed by atoms with Crippen LogP contribution in [0, 0.1) is 5.92 Å². The molecule has 1 heterocycles. The Morgan fingerprint density at radius 3 is 2.60 bits per heavy atom. The van der Waals surface area contributed by atoms with Crippen LogP contribution in [0.4, 0.5) is 0 Å². The molecule has 1 aromatic carbocycles. The van der Waals surface area contributed by atoms with Crippen molar-refractivity contribution < 1.29 is 14.6 Å². The van der Waals surface area contributed by atoms with E-state index in [0.29, 0.717) is 19.1 Å². The second kappa shape index (κ2) is 6.35. The van der Waals surface area contributed by atoms with Crippen LogP contribution in [0.25, 0.3) is 0 Å². The quantitative estimate of drug-likeness (QED) is 0.875. The van der Waals surface area contributed by atoms with Crippen LogP contribution in [-0.4, -0.2) is 18.3 Å². The zero-order valence-corrected chi connectivity index (χ0v) is 13.2. The molecule has 1 atom stereocenters. The monoisotopic (exact) mass is 340 g/mol. The topological polar surface area (TPSA) is 38.7 Å². The number of benzene rings is 1. The fraction of sp³-hybridized carbons (Fsp3) is 0.625. The highest BCUT2D eigenvalue weighted by molar-refractivity contribution is 9.10. The maximum Gasteiger partial charge on any atom is 0.175 e. The van der Waals surface area contributed by atoms with Gasteiger partial charge in [-0.15, -0.1) is 0 Å². The summed E-state index contributed by atoms with van der Waals surface area (Å²) >= 11 is 3.54. The Morgan fingerprint density at radius 2 is 1.80 bits per heavy atom. The smallest absolute Gasteiger partial charge is 0.175 e. The van der Waals surface area contributed by atoms with Crippen LogP contribution in [0.1, 0.15) is 50.2 Å². The summed E-state index contributed by atoms with van der Waals surface area (Å²) in [5.41, 5.74) is 0.938. The zero-order valence-electron chi connectivity index (χ0n) is 11.6. The van der Waals surface area contributed by atoms with Gasteiger partial charge >= 0.3 is 0 Å². The van der Waals surface area contributed by atoms with Crippen LogP contribution < -0.4 is 9.47 Å². The lowest BCUT2D eigenvalue weighted by Gasteiger charge is -2.27. The van der Waals surface area contributed by atoms with Crippen LogP contribution >= 0.6 is 15.9 Å². The Labute approximate surface area is 128 Å². The van der Waals surface area contributed by atoms with Crippen LogP contribution in [0.15, 0.2) is 16.6 Å². The van der Waals surface area contributed by atoms with Crippen molar-refractivity contribution in [3.8, 4) is 11.5 Å². The third kappa shape index (κ3) is 2.96. The maximum absolute atomic E-state index is 10.6. The van der Waals surface area contributed by atoms with Crippen molar-refractivity contribution in [2.45, 2.75) is 44.6 Å². The summed E-state index contributed by atoms with van der Waals surface area (Å²) < 4.78 is 12.3. The fourth-order valence-electron chi connectivity index (χ4n) is 3.14. The molecule has 0 saturated heterocycles. The minimum absolute atomic E-state index is 0.375. The Hall–Kier alpha value is -0.740. The Balaban J connectivity index is 1.86. The van der Waals surface area contributed by atoms with Crippen molar-refractivity contribution >= 4 is 15.9 Å². The van der Waals surface area contributed by atoms with Gasteiger partial charge in [-0.3, -0.25) is 0 Å². The summed E-state index contributed by atoms with van der Waals surface area (Å²) in [5.74, 6) is 1.89. The fourth-order valence-corrected chi connectivity index (χ4v) is 3.72. The van der Waals surface area contributed by atoms with E-state index in [4.69, 9.17) is 9.47 Å². The summed E-state index contributed by atoms with van der Waals surface area (Å²) in [6.07, 6.45) is 6.49. The van der Waals surface area contributed by atoms with E-state index in [0.717, 1.165) is 40.8 Å². The standard InChI is InChI=1S/C16H21BrO3/c17-13-9-12(15(18)11-5-2-1-3-6-11)10-14-16(13)20-8-4-7-19-14/h9-11,15,18H,1-8H2. The van der Waals surface area contributed by atoms with Gasteiger partial charge < -0.3 is 14.6 Å². The SMILES string of the molecule is OC(c1cc(Br)c2c(c1)OCCCO2)C1CCCCC1. The first-order valence-electron chi connectivity index (χ1n) is 7.53. The van der Waals surface area contributed by atoms with Crippen molar-refractivity contribution in [1.29, 1.82) is 0 Å². The van der Waals surface area contributed by atoms with Crippen LogP contribution in [0.2, 0.25) is 0 Å². The number of halogens is 1. The van der Waals surface area contributed by atoms with Gasteiger partial charge in [-0.25, -0.2) is 0 Å². The molecule has 1 aliphatic carbocycles. The highest BCUT2D eigenvalue weighted by Crippen LogP contribution is 2.42. The number of aliphatic hydroxyl groups is 1. The lowest BCUT2D eigenvalue weighted by atomic mass is 9.83. The van der Waals surface area contributed by atoms with Crippen molar-refractivity contribution in [3.05, 3.63) is 22.2 Å². The molecule has 4 heteroatoms. The normalized spacial score (nSPS) is 21.3. The highest BCUT2D eigenvalue weighted by atomic mass is 79.9. The van der Waals surface area contributed by atoms with E-state index < -0.39 is 6.10 Å². The molecule has 3 nitrogen and oxygen atoms in total. The average molecular weight is 341 g/mol. The third-order valence-corrected chi connectivity index (χ3v) is 4.85. The van der Waals surface area contributed by atoms with Crippen LogP contribution in [0.3, 0.4) is 0 Å². The van der Waals surface area contributed by atoms with E-state index in [1.54, 1.807) is 0 Å². The number of hydrogen-bond donors (Lipinski definition) is 1. The van der Waals surface area contributed by atoms with E-state index in [1.807, 2.05) is 12.1 Å². The van der Waals surface area contributed by atoms with Crippen molar-refractivity contribution in [1.82, 2.24) is 0 Å². The second-order valence-corrected chi connectivity index (χ2v) is 6.58. The first-order valence-corrected chi connectivity index (χ1v) is 8.32. The number of rotatable bonds is 2. The molecule has 2 aliphatic rings. The minimum Gasteiger partial charge on any atom is -0.490 e. The summed E-state index contributed by atoms with van der Waals surface area (Å²) in [5, 5.41) is 10.6. The van der Waals surface area contributed by atoms with E-state index in [1.165, 1.54) is 19.3 Å². The highest BCUT2D eigenvalue weighted by Gasteiger charge is 2.25. The largest absolute Gasteiger partial charge is 0.490 e. The van der Waals surface area contributed by atoms with Gasteiger partial charge in [0.05, 0.1) is 23.8 Å². The third-order valence-electron chi connectivity index (χ3n) is 4.26. The number of fused-ring (bicyclic) bond motifs is 1. The molecule has 1 saturated carbocycles. The molecular formula is C16H21BrO3. The van der Waals surface area contributed by atoms with Crippen LogP contribution in [-0.2, 0) is 0 Å². The first kappa shape index (κ1) is 14.2. The summed E-state index contributed by atoms with van der Waals surface area (Å²) in [7, 11) is 0. The zero-order chi connectivity index (χ0) is 13.9. The summed E-state index contributed by atoms with van der Waals surface area (Å²) in [6, 6.07) is 3.93. The Bertz CT molecular complexity index is 469. The molecule has 20 heavy (non-hydrogen) atoms. The van der Waals surface area contributed by atoms with Crippen molar-refractivity contribution in [3.63, 3.8) is 0 Å². The van der Waals surface area contributed by atoms with E-state index >= 15 is 0 Å². The lowest BCUT2D eigenvalue weighted by Crippen LogP contribution is -2.16. The molecule has 110 valence electrons. The van der Waals surface area contributed by atoms with Crippen molar-refractivity contribution in [2.24, 2.45) is 5.92 Å². The molecule has 0 aromatic heterocycles. The Morgan fingerprint density at radius 1 is 1.05 bits per heavy atom. The van der Waals surface area contributed by atoms with Gasteiger partial charge in [-0.1, -0.05) is 19.3 Å². The van der Waals surface area contributed by atoms with E-state index in [2.05, 4.69) is 15.9 Å². The summed E-state index contributed by atoms with van der Waals surface area (Å²) in [6.45, 7) is 1.35. The van der Waals surface area contributed by atoms with Crippen molar-refractivity contribution in [2.75, 3.05) is 13.2 Å². The molecular weight excluding hydrogens is 320 g/mol. The predicted octanol–water partition coefficient (Wildman–Crippen LogP) is 4.22. The molecule has 1 fully saturated rings. The molecule has 0 spiro atoms. The van der Waals surface area contributed by atoms with Gasteiger partial charge in [-0.2, -0.15) is 0 Å². The maximum atomic E-state index is 10.6. The minimum atomic E-state index is -0.399. The molecule has 1 unspecified atom stereocenters. The van der Waals surface area contributed by atoms with Gasteiger partial charge in [0, 0.05) is 6.42 Å². The average Bonchev–Trinajstić information content (AvgIpc) is 2.73. The second-order valence-electron chi connectivity index (χ2n) is 5.72. The molecule has 0 amide bonds. The molecule has 1 N–H and O–H groups in total. The van der Waals surface area contributed by atoms with E-state index in [-0.39, 0.29) is 0 Å². The predicted molar refractivity (Wildman–Crippen MR) is 81.3 cm³/mol. The number of ether oxygens (including phenoxy) is 2. The van der Waals surface area contributed by atoms with Gasteiger partial charge in [0.2, 0.25) is 0 Å². The Kier molecular flexibility index (Phi) is 4.51. The molecule has 1 aliphatic heterocycles. The molecule has 3 rings (SSSR count). The number of hydrogen-bond acceptors (Lipinski definition) is 3. The van der Waals surface area contributed by atoms with E-state index in [9.17, 15) is 5.11 Å².